The van der Waals surface area contributed by atoms with Crippen LogP contribution in [0.1, 0.15) is 42.9 Å². The zero-order valence-corrected chi connectivity index (χ0v) is 23.3. The molecule has 1 heterocycles. The van der Waals surface area contributed by atoms with E-state index in [1.807, 2.05) is 12.1 Å². The highest BCUT2D eigenvalue weighted by atomic mass is 35.5. The van der Waals surface area contributed by atoms with E-state index >= 15 is 0 Å². The number of nitrogens with zero attached hydrogens (tertiary/aromatic N) is 1. The lowest BCUT2D eigenvalue weighted by atomic mass is 9.84. The molecule has 200 valence electrons. The Morgan fingerprint density at radius 2 is 1.67 bits per heavy atom. The van der Waals surface area contributed by atoms with Gasteiger partial charge in [-0.2, -0.15) is 0 Å². The molecule has 1 unspecified atom stereocenters. The van der Waals surface area contributed by atoms with Crippen molar-refractivity contribution < 1.29 is 22.6 Å². The Kier molecular flexibility index (Phi) is 11.9. The highest BCUT2D eigenvalue weighted by Crippen LogP contribution is 2.39. The van der Waals surface area contributed by atoms with Crippen molar-refractivity contribution in [3.8, 4) is 0 Å². The molecule has 0 aliphatic carbocycles. The van der Waals surface area contributed by atoms with E-state index < -0.39 is 10.0 Å². The molecule has 1 atom stereocenters. The van der Waals surface area contributed by atoms with Gasteiger partial charge in [0.2, 0.25) is 10.0 Å². The molecule has 0 bridgehead atoms. The van der Waals surface area contributed by atoms with E-state index in [2.05, 4.69) is 23.5 Å². The van der Waals surface area contributed by atoms with Crippen molar-refractivity contribution in [3.05, 3.63) is 63.1 Å². The van der Waals surface area contributed by atoms with Crippen molar-refractivity contribution in [2.45, 2.75) is 37.6 Å². The number of fused-ring (bicyclic) bond motifs is 1. The quantitative estimate of drug-likeness (QED) is 0.319. The van der Waals surface area contributed by atoms with Gasteiger partial charge in [-0.25, -0.2) is 13.1 Å². The molecule has 0 saturated carbocycles. The van der Waals surface area contributed by atoms with E-state index in [4.69, 9.17) is 37.4 Å². The molecule has 0 radical (unpaired) electrons. The first-order valence-electron chi connectivity index (χ1n) is 12.4. The number of nitrogens with one attached hydrogen (secondary N) is 1. The summed E-state index contributed by atoms with van der Waals surface area (Å²) in [5.41, 5.74) is 3.00. The smallest absolute Gasteiger partial charge is 0.240 e. The molecule has 1 aliphatic heterocycles. The molecule has 0 spiro atoms. The van der Waals surface area contributed by atoms with Crippen molar-refractivity contribution in [2.75, 3.05) is 59.3 Å². The molecule has 0 fully saturated rings. The lowest BCUT2D eigenvalue weighted by Gasteiger charge is -2.35. The summed E-state index contributed by atoms with van der Waals surface area (Å²) in [5.74, 6) is -0.0317. The summed E-state index contributed by atoms with van der Waals surface area (Å²) in [6.45, 7) is 9.62. The number of likely N-dealkylation sites (N-methyl/N-ethyl adjacent to an activating group) is 1. The highest BCUT2D eigenvalue weighted by Gasteiger charge is 2.29. The normalized spacial score (nSPS) is 16.3. The van der Waals surface area contributed by atoms with Gasteiger partial charge < -0.3 is 14.2 Å². The molecule has 10 heteroatoms. The second kappa shape index (κ2) is 14.6. The van der Waals surface area contributed by atoms with Gasteiger partial charge in [0.15, 0.2) is 0 Å². The molecule has 2 aromatic rings. The first kappa shape index (κ1) is 29.3. The van der Waals surface area contributed by atoms with Crippen LogP contribution in [0.2, 0.25) is 10.0 Å². The minimum Gasteiger partial charge on any atom is -0.379 e. The van der Waals surface area contributed by atoms with Gasteiger partial charge in [-0.05, 0) is 53.9 Å². The molecule has 0 saturated heterocycles. The van der Waals surface area contributed by atoms with Gasteiger partial charge in [0.1, 0.15) is 0 Å². The van der Waals surface area contributed by atoms with Crippen molar-refractivity contribution in [1.29, 1.82) is 0 Å². The monoisotopic (exact) mass is 558 g/mol. The molecule has 2 aromatic carbocycles. The largest absolute Gasteiger partial charge is 0.379 e. The minimum absolute atomic E-state index is 0.0317. The van der Waals surface area contributed by atoms with Crippen LogP contribution in [0, 0.1) is 0 Å². The number of hydrogen-bond donors (Lipinski definition) is 1. The first-order chi connectivity index (χ1) is 17.4. The lowest BCUT2D eigenvalue weighted by Crippen LogP contribution is -2.34. The number of rotatable bonds is 15. The molecule has 7 nitrogen and oxygen atoms in total. The predicted octanol–water partition coefficient (Wildman–Crippen LogP) is 4.70. The van der Waals surface area contributed by atoms with E-state index in [0.29, 0.717) is 36.5 Å². The number of ether oxygens (including phenoxy) is 3. The summed E-state index contributed by atoms with van der Waals surface area (Å²) in [7, 11) is -3.69. The van der Waals surface area contributed by atoms with E-state index in [0.717, 1.165) is 49.4 Å². The maximum atomic E-state index is 12.9. The van der Waals surface area contributed by atoms with Gasteiger partial charge in [0, 0.05) is 42.2 Å². The Morgan fingerprint density at radius 3 is 2.36 bits per heavy atom. The Balaban J connectivity index is 1.57. The van der Waals surface area contributed by atoms with Gasteiger partial charge in [-0.15, -0.1) is 0 Å². The van der Waals surface area contributed by atoms with E-state index in [1.54, 1.807) is 24.3 Å². The average molecular weight is 560 g/mol. The Labute approximate surface area is 225 Å². The summed E-state index contributed by atoms with van der Waals surface area (Å²) >= 11 is 12.8. The lowest BCUT2D eigenvalue weighted by molar-refractivity contribution is 0.0158. The van der Waals surface area contributed by atoms with Crippen molar-refractivity contribution >= 4 is 33.2 Å². The van der Waals surface area contributed by atoms with Gasteiger partial charge in [0.05, 0.1) is 37.9 Å². The average Bonchev–Trinajstić information content (AvgIpc) is 2.87. The summed E-state index contributed by atoms with van der Waals surface area (Å²) in [6.07, 6.45) is 0.985. The molecule has 1 aliphatic rings. The second-order valence-electron chi connectivity index (χ2n) is 8.64. The number of hydrogen-bond acceptors (Lipinski definition) is 6. The topological polar surface area (TPSA) is 77.1 Å². The highest BCUT2D eigenvalue weighted by molar-refractivity contribution is 7.89. The molecule has 0 amide bonds. The van der Waals surface area contributed by atoms with Crippen molar-refractivity contribution in [2.24, 2.45) is 0 Å². The number of halogens is 2. The van der Waals surface area contributed by atoms with Gasteiger partial charge in [-0.3, -0.25) is 4.90 Å². The van der Waals surface area contributed by atoms with Crippen LogP contribution in [0.3, 0.4) is 0 Å². The first-order valence-corrected chi connectivity index (χ1v) is 14.6. The summed E-state index contributed by atoms with van der Waals surface area (Å²) in [4.78, 5) is 2.52. The predicted molar refractivity (Wildman–Crippen MR) is 144 cm³/mol. The van der Waals surface area contributed by atoms with E-state index in [-0.39, 0.29) is 24.0 Å². The van der Waals surface area contributed by atoms with Crippen LogP contribution in [0.5, 0.6) is 0 Å². The summed E-state index contributed by atoms with van der Waals surface area (Å²) < 4.78 is 44.7. The molecule has 1 N–H and O–H groups in total. The zero-order chi connectivity index (χ0) is 26.0. The number of benzene rings is 2. The summed E-state index contributed by atoms with van der Waals surface area (Å²) in [5, 5.41) is 1.22. The Morgan fingerprint density at radius 1 is 0.972 bits per heavy atom. The zero-order valence-electron chi connectivity index (χ0n) is 21.0. The van der Waals surface area contributed by atoms with E-state index in [1.165, 1.54) is 0 Å². The number of sulfonamides is 1. The van der Waals surface area contributed by atoms with Gasteiger partial charge >= 0.3 is 0 Å². The maximum absolute atomic E-state index is 12.9. The maximum Gasteiger partial charge on any atom is 0.240 e. The molecule has 36 heavy (non-hydrogen) atoms. The van der Waals surface area contributed by atoms with E-state index in [9.17, 15) is 8.42 Å². The third-order valence-electron chi connectivity index (χ3n) is 6.04. The third kappa shape index (κ3) is 8.39. The molecular weight excluding hydrogens is 523 g/mol. The van der Waals surface area contributed by atoms with Crippen LogP contribution >= 0.6 is 23.2 Å². The Bertz CT molecular complexity index is 1080. The third-order valence-corrected chi connectivity index (χ3v) is 8.06. The van der Waals surface area contributed by atoms with Crippen LogP contribution in [-0.4, -0.2) is 72.6 Å². The molecule has 3 rings (SSSR count). The van der Waals surface area contributed by atoms with Gasteiger partial charge in [0.25, 0.3) is 0 Å². The van der Waals surface area contributed by atoms with Crippen molar-refractivity contribution in [3.63, 3.8) is 0 Å². The fourth-order valence-corrected chi connectivity index (χ4v) is 5.82. The van der Waals surface area contributed by atoms with Crippen LogP contribution in [0.25, 0.3) is 0 Å². The second-order valence-corrected chi connectivity index (χ2v) is 11.3. The van der Waals surface area contributed by atoms with Crippen molar-refractivity contribution in [1.82, 2.24) is 9.62 Å². The Hall–Kier alpha value is -1.23. The molecule has 0 aromatic heterocycles. The van der Waals surface area contributed by atoms with Crippen LogP contribution < -0.4 is 4.72 Å². The van der Waals surface area contributed by atoms with Crippen LogP contribution in [0.15, 0.2) is 41.3 Å². The fraction of sp³-hybridized carbons (Fsp3) is 0.538. The van der Waals surface area contributed by atoms with Crippen LogP contribution in [-0.2, 0) is 30.8 Å². The fourth-order valence-electron chi connectivity index (χ4n) is 4.19. The van der Waals surface area contributed by atoms with Gasteiger partial charge in [-0.1, -0.05) is 49.2 Å². The van der Waals surface area contributed by atoms with Crippen LogP contribution in [0.4, 0.5) is 0 Å². The SMILES string of the molecule is CCCOCCOCCOCCNS(=O)(=O)c1cccc(C2CN(CC)Cc3c(Cl)cc(Cl)cc32)c1. The minimum atomic E-state index is -3.69. The standard InChI is InChI=1S/C26H36Cl2N2O5S/c1-3-9-33-11-13-35-14-12-34-10-8-29-36(31,32)22-7-5-6-20(15-22)24-18-30(4-2)19-25-23(24)16-21(27)17-26(25)28/h5-7,15-17,24,29H,3-4,8-14,18-19H2,1-2H3. The summed E-state index contributed by atoms with van der Waals surface area (Å²) in [6, 6.07) is 10.8. The molecular formula is C26H36Cl2N2O5S.